The summed E-state index contributed by atoms with van der Waals surface area (Å²) in [5.41, 5.74) is 0. The van der Waals surface area contributed by atoms with Crippen molar-refractivity contribution in [3.05, 3.63) is 12.2 Å². The molecule has 2 unspecified atom stereocenters. The highest BCUT2D eigenvalue weighted by atomic mass is 16.1. The zero-order chi connectivity index (χ0) is 13.7. The third-order valence-electron chi connectivity index (χ3n) is 3.66. The fraction of sp³-hybridized carbons (Fsp3) is 0.750. The van der Waals surface area contributed by atoms with Crippen LogP contribution in [0.5, 0.6) is 0 Å². The molecule has 0 amide bonds. The molecule has 0 aromatic rings. The van der Waals surface area contributed by atoms with E-state index in [0.29, 0.717) is 18.3 Å². The van der Waals surface area contributed by atoms with Crippen LogP contribution in [0.25, 0.3) is 0 Å². The molecule has 2 atom stereocenters. The molecule has 1 aliphatic carbocycles. The molecule has 0 spiro atoms. The van der Waals surface area contributed by atoms with Crippen LogP contribution in [0.1, 0.15) is 53.4 Å². The highest BCUT2D eigenvalue weighted by molar-refractivity contribution is 6.00. The molecule has 0 N–H and O–H groups in total. The van der Waals surface area contributed by atoms with Gasteiger partial charge >= 0.3 is 0 Å². The summed E-state index contributed by atoms with van der Waals surface area (Å²) in [6, 6.07) is 0. The van der Waals surface area contributed by atoms with Gasteiger partial charge in [0.15, 0.2) is 5.78 Å². The Morgan fingerprint density at radius 2 is 1.78 bits per heavy atom. The number of allylic oxidation sites excluding steroid dienone is 2. The Kier molecular flexibility index (Phi) is 5.77. The highest BCUT2D eigenvalue weighted by Crippen LogP contribution is 2.30. The van der Waals surface area contributed by atoms with Crippen molar-refractivity contribution in [1.29, 1.82) is 0 Å². The van der Waals surface area contributed by atoms with Crippen LogP contribution in [-0.2, 0) is 9.59 Å². The topological polar surface area (TPSA) is 34.1 Å². The fourth-order valence-corrected chi connectivity index (χ4v) is 2.40. The maximum atomic E-state index is 12.1. The fourth-order valence-electron chi connectivity index (χ4n) is 2.40. The van der Waals surface area contributed by atoms with E-state index >= 15 is 0 Å². The smallest absolute Gasteiger partial charge is 0.159 e. The largest absolute Gasteiger partial charge is 0.299 e. The minimum Gasteiger partial charge on any atom is -0.299 e. The van der Waals surface area contributed by atoms with Crippen LogP contribution in [0.2, 0.25) is 0 Å². The van der Waals surface area contributed by atoms with E-state index in [9.17, 15) is 9.59 Å². The first-order valence-corrected chi connectivity index (χ1v) is 7.16. The molecule has 1 rings (SSSR count). The SMILES string of the molecule is CC(C)CCC(=O)C1C=CC(=O)C1CCC(C)C. The summed E-state index contributed by atoms with van der Waals surface area (Å²) >= 11 is 0. The Morgan fingerprint density at radius 3 is 2.33 bits per heavy atom. The van der Waals surface area contributed by atoms with Crippen molar-refractivity contribution in [3.63, 3.8) is 0 Å². The lowest BCUT2D eigenvalue weighted by molar-refractivity contribution is -0.127. The Bertz CT molecular complexity index is 326. The molecule has 2 nitrogen and oxygen atoms in total. The molecule has 0 aromatic carbocycles. The van der Waals surface area contributed by atoms with Gasteiger partial charge in [-0.3, -0.25) is 9.59 Å². The van der Waals surface area contributed by atoms with E-state index in [4.69, 9.17) is 0 Å². The average molecular weight is 250 g/mol. The van der Waals surface area contributed by atoms with E-state index < -0.39 is 0 Å². The number of carbonyl (C=O) groups excluding carboxylic acids is 2. The average Bonchev–Trinajstić information content (AvgIpc) is 2.64. The molecule has 0 aliphatic heterocycles. The predicted octanol–water partition coefficient (Wildman–Crippen LogP) is 3.80. The predicted molar refractivity (Wildman–Crippen MR) is 74.3 cm³/mol. The second kappa shape index (κ2) is 6.86. The van der Waals surface area contributed by atoms with Gasteiger partial charge in [0.2, 0.25) is 0 Å². The van der Waals surface area contributed by atoms with Crippen LogP contribution in [0.4, 0.5) is 0 Å². The first-order chi connectivity index (χ1) is 8.41. The summed E-state index contributed by atoms with van der Waals surface area (Å²) in [5, 5.41) is 0. The van der Waals surface area contributed by atoms with Crippen LogP contribution in [0, 0.1) is 23.7 Å². The first-order valence-electron chi connectivity index (χ1n) is 7.16. The van der Waals surface area contributed by atoms with E-state index in [1.54, 1.807) is 6.08 Å². The van der Waals surface area contributed by atoms with Crippen molar-refractivity contribution in [2.45, 2.75) is 53.4 Å². The van der Waals surface area contributed by atoms with Gasteiger partial charge in [0.25, 0.3) is 0 Å². The number of ketones is 2. The Hall–Kier alpha value is -0.920. The molecular weight excluding hydrogens is 224 g/mol. The van der Waals surface area contributed by atoms with E-state index in [1.165, 1.54) is 0 Å². The normalized spacial score (nSPS) is 23.3. The van der Waals surface area contributed by atoms with E-state index in [2.05, 4.69) is 27.7 Å². The summed E-state index contributed by atoms with van der Waals surface area (Å²) in [6.07, 6.45) is 6.85. The Balaban J connectivity index is 2.54. The molecular formula is C16H26O2. The minimum absolute atomic E-state index is 0.0768. The lowest BCUT2D eigenvalue weighted by Gasteiger charge is -2.18. The third-order valence-corrected chi connectivity index (χ3v) is 3.66. The lowest BCUT2D eigenvalue weighted by atomic mass is 9.84. The van der Waals surface area contributed by atoms with Crippen LogP contribution in [0.3, 0.4) is 0 Å². The van der Waals surface area contributed by atoms with Crippen molar-refractivity contribution in [2.75, 3.05) is 0 Å². The van der Waals surface area contributed by atoms with Gasteiger partial charge in [-0.15, -0.1) is 0 Å². The maximum absolute atomic E-state index is 12.1. The van der Waals surface area contributed by atoms with Crippen molar-refractivity contribution in [1.82, 2.24) is 0 Å². The van der Waals surface area contributed by atoms with Crippen molar-refractivity contribution >= 4 is 11.6 Å². The zero-order valence-electron chi connectivity index (χ0n) is 12.1. The quantitative estimate of drug-likeness (QED) is 0.688. The van der Waals surface area contributed by atoms with Crippen molar-refractivity contribution < 1.29 is 9.59 Å². The summed E-state index contributed by atoms with van der Waals surface area (Å²) in [4.78, 5) is 23.9. The highest BCUT2D eigenvalue weighted by Gasteiger charge is 2.34. The van der Waals surface area contributed by atoms with Crippen LogP contribution in [0.15, 0.2) is 12.2 Å². The molecule has 0 heterocycles. The number of hydrogen-bond donors (Lipinski definition) is 0. The number of Topliss-reactive ketones (excluding diaryl/α,β-unsaturated/α-hetero) is 1. The van der Waals surface area contributed by atoms with Gasteiger partial charge in [-0.05, 0) is 30.8 Å². The molecule has 0 bridgehead atoms. The first kappa shape index (κ1) is 15.1. The molecule has 0 aromatic heterocycles. The second-order valence-electron chi connectivity index (χ2n) is 6.26. The number of hydrogen-bond acceptors (Lipinski definition) is 2. The lowest BCUT2D eigenvalue weighted by Crippen LogP contribution is -2.24. The van der Waals surface area contributed by atoms with Gasteiger partial charge in [0.05, 0.1) is 0 Å². The van der Waals surface area contributed by atoms with E-state index in [0.717, 1.165) is 19.3 Å². The maximum Gasteiger partial charge on any atom is 0.159 e. The van der Waals surface area contributed by atoms with Crippen LogP contribution < -0.4 is 0 Å². The van der Waals surface area contributed by atoms with E-state index in [1.807, 2.05) is 6.08 Å². The van der Waals surface area contributed by atoms with Crippen molar-refractivity contribution in [2.24, 2.45) is 23.7 Å². The molecule has 102 valence electrons. The molecule has 0 radical (unpaired) electrons. The minimum atomic E-state index is -0.144. The molecule has 0 saturated carbocycles. The van der Waals surface area contributed by atoms with Gasteiger partial charge in [0, 0.05) is 18.3 Å². The third kappa shape index (κ3) is 4.40. The summed E-state index contributed by atoms with van der Waals surface area (Å²) in [6.45, 7) is 8.56. The van der Waals surface area contributed by atoms with Crippen LogP contribution in [-0.4, -0.2) is 11.6 Å². The van der Waals surface area contributed by atoms with Crippen LogP contribution >= 0.6 is 0 Å². The van der Waals surface area contributed by atoms with Gasteiger partial charge in [-0.1, -0.05) is 40.2 Å². The standard InChI is InChI=1S/C16H26O2/c1-11(2)5-7-13-14(8-10-16(13)18)15(17)9-6-12(3)4/h8,10-14H,5-7,9H2,1-4H3. The molecule has 0 saturated heterocycles. The second-order valence-corrected chi connectivity index (χ2v) is 6.26. The Labute approximate surface area is 111 Å². The molecule has 1 aliphatic rings. The molecule has 0 fully saturated rings. The van der Waals surface area contributed by atoms with Gasteiger partial charge < -0.3 is 0 Å². The zero-order valence-corrected chi connectivity index (χ0v) is 12.1. The number of carbonyl (C=O) groups is 2. The molecule has 2 heteroatoms. The van der Waals surface area contributed by atoms with Gasteiger partial charge in [-0.2, -0.15) is 0 Å². The van der Waals surface area contributed by atoms with Gasteiger partial charge in [0.1, 0.15) is 5.78 Å². The van der Waals surface area contributed by atoms with Crippen molar-refractivity contribution in [3.8, 4) is 0 Å². The van der Waals surface area contributed by atoms with E-state index in [-0.39, 0.29) is 23.4 Å². The summed E-state index contributed by atoms with van der Waals surface area (Å²) in [5.74, 6) is 1.31. The monoisotopic (exact) mass is 250 g/mol. The van der Waals surface area contributed by atoms with Gasteiger partial charge in [-0.25, -0.2) is 0 Å². The molecule has 18 heavy (non-hydrogen) atoms. The summed E-state index contributed by atoms with van der Waals surface area (Å²) < 4.78 is 0. The number of rotatable bonds is 7. The summed E-state index contributed by atoms with van der Waals surface area (Å²) in [7, 11) is 0. The Morgan fingerprint density at radius 1 is 1.17 bits per heavy atom.